The van der Waals surface area contributed by atoms with E-state index in [0.29, 0.717) is 11.9 Å². The number of rotatable bonds is 10. The van der Waals surface area contributed by atoms with Crippen LogP contribution in [0.15, 0.2) is 82.6 Å². The van der Waals surface area contributed by atoms with Gasteiger partial charge in [-0.15, -0.1) is 0 Å². The van der Waals surface area contributed by atoms with Gasteiger partial charge in [-0.1, -0.05) is 48.5 Å². The zero-order chi connectivity index (χ0) is 25.8. The Labute approximate surface area is 213 Å². The number of benzene rings is 3. The van der Waals surface area contributed by atoms with E-state index < -0.39 is 32.0 Å². The van der Waals surface area contributed by atoms with E-state index in [0.717, 1.165) is 22.9 Å². The molecule has 1 heterocycles. The number of primary sulfonamides is 1. The fraction of sp³-hybridized carbons (Fsp3) is 0.174. The molecule has 0 fully saturated rings. The highest BCUT2D eigenvalue weighted by atomic mass is 32.2. The second-order valence-electron chi connectivity index (χ2n) is 7.98. The molecule has 4 rings (SSSR count). The van der Waals surface area contributed by atoms with E-state index in [1.54, 1.807) is 24.3 Å². The van der Waals surface area contributed by atoms with Gasteiger partial charge < -0.3 is 5.32 Å². The molecule has 1 amide bonds. The predicted octanol–water partition coefficient (Wildman–Crippen LogP) is 1.59. The van der Waals surface area contributed by atoms with Gasteiger partial charge in [-0.3, -0.25) is 4.79 Å². The van der Waals surface area contributed by atoms with Gasteiger partial charge >= 0.3 is 0 Å². The summed E-state index contributed by atoms with van der Waals surface area (Å²) in [5, 5.41) is 7.88. The number of sulfonamides is 2. The maximum absolute atomic E-state index is 13.2. The molecule has 188 valence electrons. The lowest BCUT2D eigenvalue weighted by molar-refractivity contribution is -0.122. The average molecular weight is 546 g/mol. The van der Waals surface area contributed by atoms with Crippen LogP contribution in [0, 0.1) is 0 Å². The Morgan fingerprint density at radius 2 is 1.61 bits per heavy atom. The van der Waals surface area contributed by atoms with Gasteiger partial charge in [-0.05, 0) is 48.2 Å². The normalized spacial score (nSPS) is 12.9. The molecule has 36 heavy (non-hydrogen) atoms. The third-order valence-corrected chi connectivity index (χ3v) is 8.37. The first kappa shape index (κ1) is 25.9. The molecular formula is C23H23N5O5S3. The van der Waals surface area contributed by atoms with Gasteiger partial charge in [0.05, 0.1) is 16.6 Å². The van der Waals surface area contributed by atoms with E-state index in [9.17, 15) is 21.6 Å². The topological polar surface area (TPSA) is 161 Å². The molecule has 10 nitrogen and oxygen atoms in total. The van der Waals surface area contributed by atoms with Crippen molar-refractivity contribution in [2.45, 2.75) is 28.7 Å². The first-order valence-corrected chi connectivity index (χ1v) is 14.6. The Kier molecular flexibility index (Phi) is 7.76. The Balaban J connectivity index is 1.49. The van der Waals surface area contributed by atoms with Crippen LogP contribution in [0.25, 0.3) is 11.0 Å². The molecule has 0 spiro atoms. The maximum atomic E-state index is 13.2. The van der Waals surface area contributed by atoms with Gasteiger partial charge in [-0.2, -0.15) is 13.5 Å². The summed E-state index contributed by atoms with van der Waals surface area (Å²) >= 11 is 0.910. The lowest BCUT2D eigenvalue weighted by atomic mass is 10.1. The summed E-state index contributed by atoms with van der Waals surface area (Å²) in [5.74, 6) is -0.493. The molecule has 1 aromatic heterocycles. The van der Waals surface area contributed by atoms with Gasteiger partial charge in [0.2, 0.25) is 26.0 Å². The minimum atomic E-state index is -4.09. The molecule has 0 saturated carbocycles. The highest BCUT2D eigenvalue weighted by Crippen LogP contribution is 2.21. The molecule has 0 aliphatic rings. The lowest BCUT2D eigenvalue weighted by Gasteiger charge is -2.19. The Morgan fingerprint density at radius 3 is 2.31 bits per heavy atom. The molecule has 1 atom stereocenters. The molecule has 4 aromatic rings. The number of hydrogen-bond acceptors (Lipinski definition) is 8. The van der Waals surface area contributed by atoms with Crippen LogP contribution in [0.4, 0.5) is 0 Å². The van der Waals surface area contributed by atoms with Crippen molar-refractivity contribution in [3.63, 3.8) is 0 Å². The van der Waals surface area contributed by atoms with Crippen LogP contribution < -0.4 is 15.2 Å². The quantitative estimate of drug-likeness (QED) is 0.273. The van der Waals surface area contributed by atoms with Gasteiger partial charge in [0.25, 0.3) is 0 Å². The molecule has 0 aliphatic heterocycles. The second-order valence-corrected chi connectivity index (χ2v) is 11.8. The Hall–Kier alpha value is -3.23. The first-order chi connectivity index (χ1) is 17.1. The molecular weight excluding hydrogens is 522 g/mol. The van der Waals surface area contributed by atoms with Crippen LogP contribution in [0.5, 0.6) is 0 Å². The van der Waals surface area contributed by atoms with Crippen molar-refractivity contribution >= 4 is 48.7 Å². The standard InChI is InChI=1S/C23H23N5O5S3/c24-35(30,31)18-11-9-16(10-12-18)13-14-25-23(29)20(15-17-5-2-1-3-6-17)28-36(32,33)21-8-4-7-19-22(21)27-34-26-19/h1-12,20,28H,13-15H2,(H,25,29)(H2,24,30,31)/t20-/m0/s1. The minimum Gasteiger partial charge on any atom is -0.354 e. The molecule has 0 unspecified atom stereocenters. The van der Waals surface area contributed by atoms with Crippen molar-refractivity contribution in [1.82, 2.24) is 18.8 Å². The number of amides is 1. The Bertz CT molecular complexity index is 1570. The molecule has 0 aliphatic carbocycles. The minimum absolute atomic E-state index is 0.00190. The fourth-order valence-electron chi connectivity index (χ4n) is 3.59. The Morgan fingerprint density at radius 1 is 0.889 bits per heavy atom. The third kappa shape index (κ3) is 6.30. The largest absolute Gasteiger partial charge is 0.354 e. The summed E-state index contributed by atoms with van der Waals surface area (Å²) in [7, 11) is -7.88. The number of hydrogen-bond donors (Lipinski definition) is 3. The van der Waals surface area contributed by atoms with Gasteiger partial charge in [0.15, 0.2) is 0 Å². The number of nitrogens with one attached hydrogen (secondary N) is 2. The highest BCUT2D eigenvalue weighted by Gasteiger charge is 2.28. The van der Waals surface area contributed by atoms with Crippen molar-refractivity contribution in [1.29, 1.82) is 0 Å². The molecule has 0 saturated heterocycles. The first-order valence-electron chi connectivity index (χ1n) is 10.8. The van der Waals surface area contributed by atoms with Gasteiger partial charge in [-0.25, -0.2) is 22.0 Å². The number of carbonyl (C=O) groups is 1. The molecule has 0 bridgehead atoms. The number of carbonyl (C=O) groups excluding carboxylic acids is 1. The average Bonchev–Trinajstić information content (AvgIpc) is 3.33. The zero-order valence-corrected chi connectivity index (χ0v) is 21.3. The van der Waals surface area contributed by atoms with E-state index in [1.807, 2.05) is 30.3 Å². The summed E-state index contributed by atoms with van der Waals surface area (Å²) in [5.41, 5.74) is 2.27. The fourth-order valence-corrected chi connectivity index (χ4v) is 6.06. The third-order valence-electron chi connectivity index (χ3n) is 5.40. The summed E-state index contributed by atoms with van der Waals surface area (Å²) in [4.78, 5) is 13.0. The van der Waals surface area contributed by atoms with E-state index in [-0.39, 0.29) is 28.3 Å². The second kappa shape index (κ2) is 10.8. The van der Waals surface area contributed by atoms with Crippen LogP contribution >= 0.6 is 11.7 Å². The van der Waals surface area contributed by atoms with Crippen LogP contribution in [0.2, 0.25) is 0 Å². The summed E-state index contributed by atoms with van der Waals surface area (Å²) in [6.45, 7) is 0.214. The maximum Gasteiger partial charge on any atom is 0.243 e. The van der Waals surface area contributed by atoms with E-state index >= 15 is 0 Å². The van der Waals surface area contributed by atoms with E-state index in [4.69, 9.17) is 5.14 Å². The summed E-state index contributed by atoms with van der Waals surface area (Å²) in [6, 6.07) is 18.7. The van der Waals surface area contributed by atoms with Crippen LogP contribution in [0.3, 0.4) is 0 Å². The molecule has 13 heteroatoms. The summed E-state index contributed by atoms with van der Waals surface area (Å²) < 4.78 is 60.0. The van der Waals surface area contributed by atoms with Crippen molar-refractivity contribution in [3.05, 3.63) is 83.9 Å². The van der Waals surface area contributed by atoms with E-state index in [2.05, 4.69) is 18.8 Å². The number of nitrogens with zero attached hydrogens (tertiary/aromatic N) is 2. The number of nitrogens with two attached hydrogens (primary N) is 1. The van der Waals surface area contributed by atoms with Crippen molar-refractivity contribution in [2.24, 2.45) is 5.14 Å². The predicted molar refractivity (Wildman–Crippen MR) is 136 cm³/mol. The van der Waals surface area contributed by atoms with Gasteiger partial charge in [0.1, 0.15) is 22.0 Å². The SMILES string of the molecule is NS(=O)(=O)c1ccc(CCNC(=O)[C@H](Cc2ccccc2)NS(=O)(=O)c2cccc3nsnc23)cc1. The molecule has 4 N–H and O–H groups in total. The van der Waals surface area contributed by atoms with Crippen LogP contribution in [-0.2, 0) is 37.7 Å². The zero-order valence-electron chi connectivity index (χ0n) is 18.9. The van der Waals surface area contributed by atoms with E-state index in [1.165, 1.54) is 18.2 Å². The molecule has 0 radical (unpaired) electrons. The van der Waals surface area contributed by atoms with Crippen LogP contribution in [0.1, 0.15) is 11.1 Å². The lowest BCUT2D eigenvalue weighted by Crippen LogP contribution is -2.48. The van der Waals surface area contributed by atoms with Crippen molar-refractivity contribution < 1.29 is 21.6 Å². The number of fused-ring (bicyclic) bond motifs is 1. The smallest absolute Gasteiger partial charge is 0.243 e. The molecule has 3 aromatic carbocycles. The van der Waals surface area contributed by atoms with Crippen LogP contribution in [-0.4, -0.2) is 44.1 Å². The van der Waals surface area contributed by atoms with Crippen molar-refractivity contribution in [2.75, 3.05) is 6.54 Å². The monoisotopic (exact) mass is 545 g/mol. The summed E-state index contributed by atoms with van der Waals surface area (Å²) in [6.07, 6.45) is 0.547. The van der Waals surface area contributed by atoms with Gasteiger partial charge in [0, 0.05) is 6.54 Å². The number of aromatic nitrogens is 2. The van der Waals surface area contributed by atoms with Crippen molar-refractivity contribution in [3.8, 4) is 0 Å². The highest BCUT2D eigenvalue weighted by molar-refractivity contribution is 7.89.